The third-order valence-electron chi connectivity index (χ3n) is 6.31. The fourth-order valence-electron chi connectivity index (χ4n) is 5.14. The van der Waals surface area contributed by atoms with E-state index in [0.29, 0.717) is 11.1 Å². The lowest BCUT2D eigenvalue weighted by atomic mass is 9.47. The van der Waals surface area contributed by atoms with Crippen molar-refractivity contribution in [3.8, 4) is 0 Å². The molecule has 0 unspecified atom stereocenters. The maximum atomic E-state index is 12.7. The molecule has 2 nitrogen and oxygen atoms in total. The topological polar surface area (TPSA) is 34.1 Å². The largest absolute Gasteiger partial charge is 0.289 e. The molecule has 0 N–H and O–H groups in total. The zero-order valence-electron chi connectivity index (χ0n) is 13.3. The van der Waals surface area contributed by atoms with Crippen molar-refractivity contribution < 1.29 is 9.59 Å². The van der Waals surface area contributed by atoms with Crippen LogP contribution in [0.25, 0.3) is 0 Å². The molecule has 1 aromatic rings. The smallest absolute Gasteiger partial charge is 0.228 e. The molecule has 10 heteroatoms. The number of alkyl halides is 2. The van der Waals surface area contributed by atoms with Crippen LogP contribution in [0.4, 0.5) is 0 Å². The molecule has 0 aromatic heterocycles. The van der Waals surface area contributed by atoms with E-state index in [1.165, 1.54) is 0 Å². The Morgan fingerprint density at radius 1 is 0.714 bits per heavy atom. The molecule has 2 bridgehead atoms. The predicted molar refractivity (Wildman–Crippen MR) is 114 cm³/mol. The van der Waals surface area contributed by atoms with Crippen LogP contribution in [0.3, 0.4) is 0 Å². The van der Waals surface area contributed by atoms with E-state index >= 15 is 0 Å². The first-order chi connectivity index (χ1) is 13.0. The zero-order chi connectivity index (χ0) is 20.5. The van der Waals surface area contributed by atoms with E-state index < -0.39 is 45.0 Å². The number of ketones is 2. The molecule has 28 heavy (non-hydrogen) atoms. The predicted octanol–water partition coefficient (Wildman–Crippen LogP) is 7.09. The summed E-state index contributed by atoms with van der Waals surface area (Å²) in [4.78, 5) is 21.4. The Labute approximate surface area is 199 Å². The van der Waals surface area contributed by atoms with Gasteiger partial charge in [0.25, 0.3) is 0 Å². The molecular formula is C18H6Cl8O2. The van der Waals surface area contributed by atoms with Gasteiger partial charge in [0, 0.05) is 28.7 Å². The summed E-state index contributed by atoms with van der Waals surface area (Å²) < 4.78 is 0. The standard InChI is InChI=1S/C18H6Cl8O2/c19-9-5-3-1-2-4(6(5)10(20)13(23)12(9)22)8-7(3)11(21)14(24)18(26)16(28)15(27)17(8,18)25/h1-4,7-8H/t3-,4+,7-,8+,17+,18-/m0/s1. The summed E-state index contributed by atoms with van der Waals surface area (Å²) in [5.74, 6) is -3.73. The normalized spacial score (nSPS) is 40.3. The summed E-state index contributed by atoms with van der Waals surface area (Å²) in [6.45, 7) is 0. The van der Waals surface area contributed by atoms with Crippen LogP contribution in [0.2, 0.25) is 20.1 Å². The summed E-state index contributed by atoms with van der Waals surface area (Å²) in [5, 5.41) is 0.778. The number of fused-ring (bicyclic) bond motifs is 1. The van der Waals surface area contributed by atoms with Gasteiger partial charge >= 0.3 is 0 Å². The van der Waals surface area contributed by atoms with Gasteiger partial charge in [-0.05, 0) is 11.1 Å². The number of carbonyl (C=O) groups is 2. The summed E-state index contributed by atoms with van der Waals surface area (Å²) in [5.41, 5.74) is 1.28. The van der Waals surface area contributed by atoms with Crippen molar-refractivity contribution in [1.29, 1.82) is 0 Å². The van der Waals surface area contributed by atoms with E-state index in [4.69, 9.17) is 92.8 Å². The molecule has 6 atom stereocenters. The molecule has 0 radical (unpaired) electrons. The van der Waals surface area contributed by atoms with Crippen LogP contribution in [-0.4, -0.2) is 21.3 Å². The Balaban J connectivity index is 1.86. The molecule has 0 amide bonds. The first-order valence-electron chi connectivity index (χ1n) is 8.07. The molecule has 1 aromatic carbocycles. The van der Waals surface area contributed by atoms with E-state index in [2.05, 4.69) is 0 Å². The molecule has 6 rings (SSSR count). The fraction of sp³-hybridized carbons (Fsp3) is 0.333. The van der Waals surface area contributed by atoms with Gasteiger partial charge in [-0.25, -0.2) is 0 Å². The third-order valence-corrected chi connectivity index (χ3v) is 10.7. The average Bonchev–Trinajstić information content (AvgIpc) is 2.71. The van der Waals surface area contributed by atoms with Crippen molar-refractivity contribution in [3.05, 3.63) is 53.4 Å². The highest BCUT2D eigenvalue weighted by Gasteiger charge is 2.81. The van der Waals surface area contributed by atoms with E-state index in [1.807, 2.05) is 12.2 Å². The average molecular weight is 538 g/mol. The van der Waals surface area contributed by atoms with Crippen LogP contribution in [-0.2, 0) is 9.59 Å². The monoisotopic (exact) mass is 534 g/mol. The van der Waals surface area contributed by atoms with Gasteiger partial charge in [-0.2, -0.15) is 0 Å². The van der Waals surface area contributed by atoms with Crippen molar-refractivity contribution >= 4 is 104 Å². The van der Waals surface area contributed by atoms with Crippen LogP contribution < -0.4 is 0 Å². The van der Waals surface area contributed by atoms with Crippen molar-refractivity contribution in [2.75, 3.05) is 0 Å². The minimum Gasteiger partial charge on any atom is -0.289 e. The Morgan fingerprint density at radius 3 is 1.79 bits per heavy atom. The van der Waals surface area contributed by atoms with Gasteiger partial charge in [-0.1, -0.05) is 81.8 Å². The third kappa shape index (κ3) is 1.90. The summed E-state index contributed by atoms with van der Waals surface area (Å²) in [6.07, 6.45) is 3.76. The lowest BCUT2D eigenvalue weighted by Crippen LogP contribution is -2.78. The van der Waals surface area contributed by atoms with E-state index in [-0.39, 0.29) is 30.2 Å². The summed E-state index contributed by atoms with van der Waals surface area (Å²) in [7, 11) is 0. The molecule has 1 saturated carbocycles. The number of halogens is 8. The van der Waals surface area contributed by atoms with Gasteiger partial charge in [0.15, 0.2) is 4.87 Å². The van der Waals surface area contributed by atoms with Crippen molar-refractivity contribution in [2.45, 2.75) is 21.6 Å². The second-order valence-electron chi connectivity index (χ2n) is 7.26. The SMILES string of the molecule is O=C1C(=O)[C@]2(Cl)[C@H]3[C@@H](C(Cl)=C(Cl)[C@]12Cl)[C@H]1C=C[C@@H]3c2c(Cl)c(Cl)c(Cl)c(Cl)c21. The van der Waals surface area contributed by atoms with Gasteiger partial charge in [0.1, 0.15) is 4.87 Å². The molecule has 5 aliphatic carbocycles. The van der Waals surface area contributed by atoms with Crippen LogP contribution in [0.5, 0.6) is 0 Å². The first-order valence-corrected chi connectivity index (χ1v) is 11.1. The number of rotatable bonds is 0. The Morgan fingerprint density at radius 2 is 1.21 bits per heavy atom. The molecular weight excluding hydrogens is 532 g/mol. The highest BCUT2D eigenvalue weighted by atomic mass is 35.5. The Hall–Kier alpha value is 0.360. The van der Waals surface area contributed by atoms with Gasteiger partial charge in [-0.15, -0.1) is 23.2 Å². The van der Waals surface area contributed by atoms with Crippen LogP contribution in [0.15, 0.2) is 22.2 Å². The van der Waals surface area contributed by atoms with E-state index in [9.17, 15) is 9.59 Å². The molecule has 146 valence electrons. The molecule has 0 heterocycles. The van der Waals surface area contributed by atoms with Gasteiger partial charge in [-0.3, -0.25) is 9.59 Å². The second kappa shape index (κ2) is 5.99. The number of allylic oxidation sites excluding steroid dienone is 4. The quantitative estimate of drug-likeness (QED) is 0.116. The van der Waals surface area contributed by atoms with Crippen LogP contribution >= 0.6 is 92.8 Å². The first kappa shape index (κ1) is 20.3. The Kier molecular flexibility index (Phi) is 4.33. The highest BCUT2D eigenvalue weighted by Crippen LogP contribution is 2.72. The molecule has 5 aliphatic rings. The number of hydrogen-bond donors (Lipinski definition) is 0. The van der Waals surface area contributed by atoms with Gasteiger partial charge in [0.05, 0.1) is 25.1 Å². The minimum atomic E-state index is -1.90. The van der Waals surface area contributed by atoms with E-state index in [1.54, 1.807) is 0 Å². The van der Waals surface area contributed by atoms with Crippen molar-refractivity contribution in [3.63, 3.8) is 0 Å². The summed E-state index contributed by atoms with van der Waals surface area (Å²) in [6, 6.07) is 0. The van der Waals surface area contributed by atoms with Gasteiger partial charge < -0.3 is 0 Å². The second-order valence-corrected chi connectivity index (χ2v) is 10.7. The molecule has 0 saturated heterocycles. The van der Waals surface area contributed by atoms with Crippen LogP contribution in [0, 0.1) is 11.8 Å². The van der Waals surface area contributed by atoms with Crippen LogP contribution in [0.1, 0.15) is 23.0 Å². The number of carbonyl (C=O) groups excluding carboxylic acids is 2. The maximum absolute atomic E-state index is 12.7. The number of benzene rings is 1. The lowest BCUT2D eigenvalue weighted by molar-refractivity contribution is -0.151. The molecule has 1 fully saturated rings. The van der Waals surface area contributed by atoms with Gasteiger partial charge in [0.2, 0.25) is 11.6 Å². The Bertz CT molecular complexity index is 1090. The van der Waals surface area contributed by atoms with Crippen molar-refractivity contribution in [2.24, 2.45) is 11.8 Å². The number of hydrogen-bond acceptors (Lipinski definition) is 2. The highest BCUT2D eigenvalue weighted by molar-refractivity contribution is 6.76. The molecule has 0 aliphatic heterocycles. The number of Topliss-reactive ketones (excluding diaryl/α,β-unsaturated/α-hetero) is 2. The lowest BCUT2D eigenvalue weighted by Gasteiger charge is -2.62. The summed E-state index contributed by atoms with van der Waals surface area (Å²) >= 11 is 51.9. The molecule has 0 spiro atoms. The van der Waals surface area contributed by atoms with E-state index in [0.717, 1.165) is 0 Å². The maximum Gasteiger partial charge on any atom is 0.228 e. The van der Waals surface area contributed by atoms with Crippen molar-refractivity contribution in [1.82, 2.24) is 0 Å². The minimum absolute atomic E-state index is 0.108. The fourth-order valence-corrected chi connectivity index (χ4v) is 8.08. The zero-order valence-corrected chi connectivity index (χ0v) is 19.4.